The van der Waals surface area contributed by atoms with E-state index in [0.29, 0.717) is 32.8 Å². The number of carbonyl (C=O) groups is 1. The molecule has 6 nitrogen and oxygen atoms in total. The summed E-state index contributed by atoms with van der Waals surface area (Å²) in [5.41, 5.74) is 0. The Bertz CT molecular complexity index is 384. The van der Waals surface area contributed by atoms with Crippen molar-refractivity contribution in [2.45, 2.75) is 37.6 Å². The van der Waals surface area contributed by atoms with Gasteiger partial charge in [-0.3, -0.25) is 9.69 Å². The molecule has 0 radical (unpaired) electrons. The van der Waals surface area contributed by atoms with Crippen LogP contribution in [-0.4, -0.2) is 81.7 Å². The van der Waals surface area contributed by atoms with E-state index in [9.17, 15) is 18.0 Å². The lowest BCUT2D eigenvalue weighted by Gasteiger charge is -2.35. The Hall–Kier alpha value is -0.900. The molecule has 2 aliphatic rings. The normalized spacial score (nSPS) is 24.0. The van der Waals surface area contributed by atoms with Crippen LogP contribution < -0.4 is 10.6 Å². The second-order valence-electron chi connectivity index (χ2n) is 6.11. The smallest absolute Gasteiger partial charge is 0.378 e. The molecule has 0 aromatic rings. The molecule has 2 rings (SSSR count). The molecule has 0 spiro atoms. The summed E-state index contributed by atoms with van der Waals surface area (Å²) in [6.07, 6.45) is -2.26. The molecule has 0 saturated carbocycles. The molecule has 0 aromatic heterocycles. The van der Waals surface area contributed by atoms with Crippen molar-refractivity contribution in [3.05, 3.63) is 0 Å². The van der Waals surface area contributed by atoms with Crippen LogP contribution >= 0.6 is 0 Å². The highest BCUT2D eigenvalue weighted by Crippen LogP contribution is 2.24. The van der Waals surface area contributed by atoms with Crippen LogP contribution in [0, 0.1) is 0 Å². The highest BCUT2D eigenvalue weighted by Gasteiger charge is 2.43. The number of ether oxygens (including phenoxy) is 2. The number of carbonyl (C=O) groups excluding carboxylic acids is 1. The molecule has 2 aliphatic heterocycles. The van der Waals surface area contributed by atoms with E-state index < -0.39 is 24.7 Å². The summed E-state index contributed by atoms with van der Waals surface area (Å²) in [7, 11) is 0. The lowest BCUT2D eigenvalue weighted by atomic mass is 10.2. The minimum atomic E-state index is -4.36. The predicted molar refractivity (Wildman–Crippen MR) is 81.7 cm³/mol. The van der Waals surface area contributed by atoms with E-state index in [1.165, 1.54) is 4.90 Å². The van der Waals surface area contributed by atoms with Crippen LogP contribution in [0.2, 0.25) is 0 Å². The quantitative estimate of drug-likeness (QED) is 0.623. The van der Waals surface area contributed by atoms with Gasteiger partial charge in [-0.15, -0.1) is 0 Å². The molecule has 0 aromatic carbocycles. The average Bonchev–Trinajstić information content (AvgIpc) is 3.05. The maximum absolute atomic E-state index is 13.2. The van der Waals surface area contributed by atoms with Gasteiger partial charge in [0, 0.05) is 45.8 Å². The minimum Gasteiger partial charge on any atom is -0.378 e. The van der Waals surface area contributed by atoms with E-state index in [2.05, 4.69) is 10.6 Å². The predicted octanol–water partition coefficient (Wildman–Crippen LogP) is 0.524. The molecule has 0 bridgehead atoms. The van der Waals surface area contributed by atoms with Crippen LogP contribution in [0.4, 0.5) is 13.2 Å². The van der Waals surface area contributed by atoms with E-state index in [0.717, 1.165) is 19.4 Å². The summed E-state index contributed by atoms with van der Waals surface area (Å²) in [6.45, 7) is 2.63. The van der Waals surface area contributed by atoms with Crippen LogP contribution in [-0.2, 0) is 14.3 Å². The topological polar surface area (TPSA) is 62.8 Å². The molecule has 2 fully saturated rings. The molecule has 1 amide bonds. The van der Waals surface area contributed by atoms with E-state index in [1.807, 2.05) is 0 Å². The lowest BCUT2D eigenvalue weighted by Crippen LogP contribution is -2.57. The average molecular weight is 353 g/mol. The minimum absolute atomic E-state index is 0.0544. The number of nitrogens with one attached hydrogen (secondary N) is 2. The van der Waals surface area contributed by atoms with E-state index in [4.69, 9.17) is 9.47 Å². The first-order chi connectivity index (χ1) is 11.5. The van der Waals surface area contributed by atoms with Gasteiger partial charge in [0.05, 0.1) is 19.3 Å². The van der Waals surface area contributed by atoms with Gasteiger partial charge in [-0.1, -0.05) is 0 Å². The summed E-state index contributed by atoms with van der Waals surface area (Å²) < 4.78 is 50.3. The maximum atomic E-state index is 13.2. The van der Waals surface area contributed by atoms with Gasteiger partial charge in [-0.05, 0) is 12.8 Å². The van der Waals surface area contributed by atoms with Crippen LogP contribution in [0.1, 0.15) is 19.3 Å². The Labute approximate surface area is 140 Å². The van der Waals surface area contributed by atoms with Gasteiger partial charge in [0.2, 0.25) is 5.91 Å². The Morgan fingerprint density at radius 1 is 1.38 bits per heavy atom. The first kappa shape index (κ1) is 19.4. The monoisotopic (exact) mass is 353 g/mol. The van der Waals surface area contributed by atoms with Crippen molar-refractivity contribution in [3.63, 3.8) is 0 Å². The number of hydrogen-bond acceptors (Lipinski definition) is 5. The molecule has 0 aliphatic carbocycles. The number of nitrogens with zero attached hydrogens (tertiary/aromatic N) is 1. The Kier molecular flexibility index (Phi) is 7.73. The molecule has 9 heteroatoms. The Morgan fingerprint density at radius 2 is 2.12 bits per heavy atom. The molecule has 2 saturated heterocycles. The highest BCUT2D eigenvalue weighted by atomic mass is 19.4. The maximum Gasteiger partial charge on any atom is 0.405 e. The van der Waals surface area contributed by atoms with E-state index >= 15 is 0 Å². The second kappa shape index (κ2) is 9.55. The number of alkyl halides is 3. The molecule has 140 valence electrons. The van der Waals surface area contributed by atoms with Crippen molar-refractivity contribution in [2.75, 3.05) is 52.5 Å². The third-order valence-electron chi connectivity index (χ3n) is 4.26. The van der Waals surface area contributed by atoms with Gasteiger partial charge in [-0.2, -0.15) is 13.2 Å². The van der Waals surface area contributed by atoms with Crippen molar-refractivity contribution in [1.29, 1.82) is 0 Å². The second-order valence-corrected chi connectivity index (χ2v) is 6.11. The van der Waals surface area contributed by atoms with Crippen LogP contribution in [0.15, 0.2) is 0 Å². The van der Waals surface area contributed by atoms with Crippen molar-refractivity contribution in [2.24, 2.45) is 0 Å². The molecule has 2 N–H and O–H groups in total. The van der Waals surface area contributed by atoms with Crippen molar-refractivity contribution in [1.82, 2.24) is 15.5 Å². The van der Waals surface area contributed by atoms with Gasteiger partial charge >= 0.3 is 6.18 Å². The van der Waals surface area contributed by atoms with Crippen LogP contribution in [0.5, 0.6) is 0 Å². The third-order valence-corrected chi connectivity index (χ3v) is 4.26. The highest BCUT2D eigenvalue weighted by molar-refractivity contribution is 5.76. The zero-order valence-corrected chi connectivity index (χ0v) is 13.7. The Morgan fingerprint density at radius 3 is 2.75 bits per heavy atom. The molecule has 2 heterocycles. The largest absolute Gasteiger partial charge is 0.405 e. The van der Waals surface area contributed by atoms with Crippen LogP contribution in [0.25, 0.3) is 0 Å². The first-order valence-corrected chi connectivity index (χ1v) is 8.44. The SMILES string of the molecule is O=C(CCOCC1CCCO1)NCC(N1CCNCC1)C(F)(F)F. The number of piperazine rings is 1. The fourth-order valence-corrected chi connectivity index (χ4v) is 2.90. The summed E-state index contributed by atoms with van der Waals surface area (Å²) in [5, 5.41) is 5.40. The molecule has 2 atom stereocenters. The van der Waals surface area contributed by atoms with Gasteiger partial charge in [0.25, 0.3) is 0 Å². The summed E-state index contributed by atoms with van der Waals surface area (Å²) in [6, 6.07) is -1.64. The molecular formula is C15H26F3N3O3. The first-order valence-electron chi connectivity index (χ1n) is 8.44. The van der Waals surface area contributed by atoms with Gasteiger partial charge in [0.15, 0.2) is 0 Å². The number of rotatable bonds is 8. The molecule has 24 heavy (non-hydrogen) atoms. The molecule has 2 unspecified atom stereocenters. The van der Waals surface area contributed by atoms with Gasteiger partial charge in [-0.25, -0.2) is 0 Å². The van der Waals surface area contributed by atoms with E-state index in [-0.39, 0.29) is 19.1 Å². The van der Waals surface area contributed by atoms with Crippen molar-refractivity contribution < 1.29 is 27.4 Å². The van der Waals surface area contributed by atoms with Gasteiger partial charge in [0.1, 0.15) is 6.04 Å². The van der Waals surface area contributed by atoms with Crippen molar-refractivity contribution >= 4 is 5.91 Å². The number of hydrogen-bond donors (Lipinski definition) is 2. The number of amides is 1. The summed E-state index contributed by atoms with van der Waals surface area (Å²) in [5.74, 6) is -0.424. The number of halogens is 3. The fourth-order valence-electron chi connectivity index (χ4n) is 2.90. The molecular weight excluding hydrogens is 327 g/mol. The summed E-state index contributed by atoms with van der Waals surface area (Å²) >= 11 is 0. The standard InChI is InChI=1S/C15H26F3N3O3/c16-15(17,18)13(21-6-4-19-5-7-21)10-20-14(22)3-9-23-11-12-2-1-8-24-12/h12-13,19H,1-11H2,(H,20,22). The zero-order chi connectivity index (χ0) is 17.4. The fraction of sp³-hybridized carbons (Fsp3) is 0.933. The Balaban J connectivity index is 1.65. The van der Waals surface area contributed by atoms with Gasteiger partial charge < -0.3 is 20.1 Å². The summed E-state index contributed by atoms with van der Waals surface area (Å²) in [4.78, 5) is 13.1. The van der Waals surface area contributed by atoms with Crippen LogP contribution in [0.3, 0.4) is 0 Å². The lowest BCUT2D eigenvalue weighted by molar-refractivity contribution is -0.184. The van der Waals surface area contributed by atoms with E-state index in [1.54, 1.807) is 0 Å². The van der Waals surface area contributed by atoms with Crippen molar-refractivity contribution in [3.8, 4) is 0 Å². The zero-order valence-electron chi connectivity index (χ0n) is 13.7. The third kappa shape index (κ3) is 6.54.